The summed E-state index contributed by atoms with van der Waals surface area (Å²) >= 11 is 0. The van der Waals surface area contributed by atoms with Crippen LogP contribution in [0, 0.1) is 13.8 Å². The van der Waals surface area contributed by atoms with Crippen molar-refractivity contribution in [3.63, 3.8) is 0 Å². The van der Waals surface area contributed by atoms with E-state index in [2.05, 4.69) is 10.6 Å². The van der Waals surface area contributed by atoms with Gasteiger partial charge in [-0.1, -0.05) is 0 Å². The van der Waals surface area contributed by atoms with Crippen LogP contribution in [0.2, 0.25) is 0 Å². The van der Waals surface area contributed by atoms with Crippen LogP contribution in [-0.2, 0) is 13.1 Å². The Balaban J connectivity index is 1.81. The van der Waals surface area contributed by atoms with Crippen LogP contribution in [0.3, 0.4) is 0 Å². The first-order valence-corrected chi connectivity index (χ1v) is 6.35. The Labute approximate surface area is 120 Å². The summed E-state index contributed by atoms with van der Waals surface area (Å²) in [6.07, 6.45) is 0. The van der Waals surface area contributed by atoms with Crippen LogP contribution < -0.4 is 10.6 Å². The van der Waals surface area contributed by atoms with Crippen LogP contribution in [0.4, 0.5) is 4.79 Å². The molecule has 2 aromatic heterocycles. The number of carbonyl (C=O) groups is 2. The standard InChI is InChI=1S/C14H16N2O5/c1-8-3-4-10(20-8)6-15-14(19)16-7-11-5-12(13(17)18)9(2)21-11/h3-5H,6-7H2,1-2H3,(H,17,18)(H2,15,16,19). The van der Waals surface area contributed by atoms with Gasteiger partial charge >= 0.3 is 12.0 Å². The molecule has 2 rings (SSSR count). The van der Waals surface area contributed by atoms with Gasteiger partial charge in [-0.25, -0.2) is 9.59 Å². The molecule has 21 heavy (non-hydrogen) atoms. The smallest absolute Gasteiger partial charge is 0.339 e. The maximum absolute atomic E-state index is 11.6. The molecule has 0 spiro atoms. The third-order valence-corrected chi connectivity index (χ3v) is 2.84. The van der Waals surface area contributed by atoms with E-state index in [9.17, 15) is 9.59 Å². The lowest BCUT2D eigenvalue weighted by atomic mass is 10.2. The van der Waals surface area contributed by atoms with E-state index in [1.165, 1.54) is 6.07 Å². The van der Waals surface area contributed by atoms with Crippen LogP contribution in [-0.4, -0.2) is 17.1 Å². The molecule has 0 aromatic carbocycles. The van der Waals surface area contributed by atoms with E-state index in [4.69, 9.17) is 13.9 Å². The molecule has 2 heterocycles. The second-order valence-electron chi connectivity index (χ2n) is 4.54. The van der Waals surface area contributed by atoms with Gasteiger partial charge in [0.1, 0.15) is 28.6 Å². The number of urea groups is 1. The zero-order valence-corrected chi connectivity index (χ0v) is 11.7. The van der Waals surface area contributed by atoms with E-state index >= 15 is 0 Å². The molecule has 0 unspecified atom stereocenters. The minimum atomic E-state index is -1.06. The van der Waals surface area contributed by atoms with Crippen LogP contribution in [0.1, 0.15) is 33.4 Å². The average molecular weight is 292 g/mol. The molecule has 3 N–H and O–H groups in total. The molecule has 7 nitrogen and oxygen atoms in total. The first-order chi connectivity index (χ1) is 9.95. The van der Waals surface area contributed by atoms with Gasteiger partial charge in [-0.2, -0.15) is 0 Å². The zero-order chi connectivity index (χ0) is 15.4. The summed E-state index contributed by atoms with van der Waals surface area (Å²) in [6, 6.07) is 4.60. The van der Waals surface area contributed by atoms with Crippen molar-refractivity contribution in [2.24, 2.45) is 0 Å². The molecule has 2 aromatic rings. The predicted molar refractivity (Wildman–Crippen MR) is 72.9 cm³/mol. The summed E-state index contributed by atoms with van der Waals surface area (Å²) < 4.78 is 10.6. The number of aryl methyl sites for hydroxylation is 2. The number of amides is 2. The van der Waals surface area contributed by atoms with Crippen LogP contribution in [0.5, 0.6) is 0 Å². The molecular weight excluding hydrogens is 276 g/mol. The SMILES string of the molecule is Cc1ccc(CNC(=O)NCc2cc(C(=O)O)c(C)o2)o1. The van der Waals surface area contributed by atoms with E-state index in [1.54, 1.807) is 13.0 Å². The molecule has 112 valence electrons. The maximum atomic E-state index is 11.6. The van der Waals surface area contributed by atoms with Gasteiger partial charge < -0.3 is 24.6 Å². The van der Waals surface area contributed by atoms with E-state index in [-0.39, 0.29) is 18.7 Å². The van der Waals surface area contributed by atoms with Gasteiger partial charge in [0.25, 0.3) is 0 Å². The van der Waals surface area contributed by atoms with Gasteiger partial charge in [0.05, 0.1) is 13.1 Å². The van der Waals surface area contributed by atoms with Crippen molar-refractivity contribution in [2.75, 3.05) is 0 Å². The predicted octanol–water partition coefficient (Wildman–Crippen LogP) is 2.19. The first kappa shape index (κ1) is 14.7. The van der Waals surface area contributed by atoms with E-state index in [1.807, 2.05) is 13.0 Å². The van der Waals surface area contributed by atoms with Crippen molar-refractivity contribution in [3.8, 4) is 0 Å². The highest BCUT2D eigenvalue weighted by Crippen LogP contribution is 2.14. The molecule has 0 aliphatic heterocycles. The molecule has 0 aliphatic rings. The quantitative estimate of drug-likeness (QED) is 0.783. The van der Waals surface area contributed by atoms with Crippen molar-refractivity contribution >= 4 is 12.0 Å². The zero-order valence-electron chi connectivity index (χ0n) is 11.7. The summed E-state index contributed by atoms with van der Waals surface area (Å²) in [7, 11) is 0. The molecule has 0 aliphatic carbocycles. The Kier molecular flexibility index (Phi) is 4.32. The van der Waals surface area contributed by atoms with Crippen molar-refractivity contribution in [2.45, 2.75) is 26.9 Å². The normalized spacial score (nSPS) is 10.4. The Morgan fingerprint density at radius 3 is 2.29 bits per heavy atom. The van der Waals surface area contributed by atoms with Crippen LogP contribution in [0.15, 0.2) is 27.0 Å². The lowest BCUT2D eigenvalue weighted by Gasteiger charge is -2.04. The molecule has 0 saturated carbocycles. The number of carboxylic acid groups (broad SMARTS) is 1. The Bertz CT molecular complexity index is 656. The number of carboxylic acids is 1. The summed E-state index contributed by atoms with van der Waals surface area (Å²) in [5.74, 6) is 1.07. The third-order valence-electron chi connectivity index (χ3n) is 2.84. The lowest BCUT2D eigenvalue weighted by Crippen LogP contribution is -2.34. The lowest BCUT2D eigenvalue weighted by molar-refractivity contribution is 0.0695. The van der Waals surface area contributed by atoms with E-state index < -0.39 is 12.0 Å². The molecular formula is C14H16N2O5. The minimum Gasteiger partial charge on any atom is -0.478 e. The fourth-order valence-corrected chi connectivity index (χ4v) is 1.82. The second-order valence-corrected chi connectivity index (χ2v) is 4.54. The van der Waals surface area contributed by atoms with E-state index in [0.29, 0.717) is 17.3 Å². The summed E-state index contributed by atoms with van der Waals surface area (Å²) in [5.41, 5.74) is 0.0956. The van der Waals surface area contributed by atoms with Crippen molar-refractivity contribution in [1.82, 2.24) is 10.6 Å². The van der Waals surface area contributed by atoms with Gasteiger partial charge in [0.15, 0.2) is 0 Å². The highest BCUT2D eigenvalue weighted by atomic mass is 16.4. The molecule has 0 bridgehead atoms. The number of hydrogen-bond acceptors (Lipinski definition) is 4. The van der Waals surface area contributed by atoms with Gasteiger partial charge in [0.2, 0.25) is 0 Å². The molecule has 0 atom stereocenters. The van der Waals surface area contributed by atoms with Gasteiger partial charge in [0, 0.05) is 0 Å². The number of rotatable bonds is 5. The fourth-order valence-electron chi connectivity index (χ4n) is 1.82. The maximum Gasteiger partial charge on any atom is 0.339 e. The highest BCUT2D eigenvalue weighted by Gasteiger charge is 2.14. The fraction of sp³-hybridized carbons (Fsp3) is 0.286. The Hall–Kier alpha value is -2.70. The van der Waals surface area contributed by atoms with E-state index in [0.717, 1.165) is 5.76 Å². The number of furan rings is 2. The van der Waals surface area contributed by atoms with Gasteiger partial charge in [-0.3, -0.25) is 0 Å². The average Bonchev–Trinajstić information content (AvgIpc) is 3.00. The monoisotopic (exact) mass is 292 g/mol. The Morgan fingerprint density at radius 2 is 1.76 bits per heavy atom. The largest absolute Gasteiger partial charge is 0.478 e. The number of nitrogens with one attached hydrogen (secondary N) is 2. The summed E-state index contributed by atoms with van der Waals surface area (Å²) in [6.45, 7) is 3.77. The Morgan fingerprint density at radius 1 is 1.10 bits per heavy atom. The van der Waals surface area contributed by atoms with Crippen LogP contribution >= 0.6 is 0 Å². The number of aromatic carboxylic acids is 1. The summed E-state index contributed by atoms with van der Waals surface area (Å²) in [4.78, 5) is 22.5. The van der Waals surface area contributed by atoms with Gasteiger partial charge in [-0.05, 0) is 32.0 Å². The number of carbonyl (C=O) groups excluding carboxylic acids is 1. The van der Waals surface area contributed by atoms with Crippen molar-refractivity contribution < 1.29 is 23.5 Å². The van der Waals surface area contributed by atoms with Crippen LogP contribution in [0.25, 0.3) is 0 Å². The topological polar surface area (TPSA) is 105 Å². The number of hydrogen-bond donors (Lipinski definition) is 3. The summed E-state index contributed by atoms with van der Waals surface area (Å²) in [5, 5.41) is 14.1. The minimum absolute atomic E-state index is 0.0956. The highest BCUT2D eigenvalue weighted by molar-refractivity contribution is 5.88. The molecule has 0 fully saturated rings. The molecule has 0 saturated heterocycles. The first-order valence-electron chi connectivity index (χ1n) is 6.35. The van der Waals surface area contributed by atoms with Gasteiger partial charge in [-0.15, -0.1) is 0 Å². The molecule has 7 heteroatoms. The second kappa shape index (κ2) is 6.17. The molecule has 0 radical (unpaired) electrons. The van der Waals surface area contributed by atoms with Crippen molar-refractivity contribution in [3.05, 3.63) is 46.8 Å². The third kappa shape index (κ3) is 3.88. The molecule has 2 amide bonds. The van der Waals surface area contributed by atoms with Crippen molar-refractivity contribution in [1.29, 1.82) is 0 Å².